The van der Waals surface area contributed by atoms with Crippen molar-refractivity contribution >= 4 is 57.5 Å². The van der Waals surface area contributed by atoms with Gasteiger partial charge in [-0.05, 0) is 102 Å². The number of amides is 2. The molecule has 3 aromatic rings. The van der Waals surface area contributed by atoms with Crippen molar-refractivity contribution in [3.05, 3.63) is 91.9 Å². The van der Waals surface area contributed by atoms with Crippen molar-refractivity contribution in [3.63, 3.8) is 0 Å². The summed E-state index contributed by atoms with van der Waals surface area (Å²) < 4.78 is 17.7. The number of esters is 1. The van der Waals surface area contributed by atoms with E-state index in [4.69, 9.17) is 14.2 Å². The maximum atomic E-state index is 12.9. The Morgan fingerprint density at radius 1 is 1.03 bits per heavy atom. The number of halogens is 1. The molecule has 0 radical (unpaired) electrons. The molecule has 37 heavy (non-hydrogen) atoms. The van der Waals surface area contributed by atoms with Gasteiger partial charge in [-0.1, -0.05) is 30.3 Å². The normalized spacial score (nSPS) is 14.2. The molecule has 0 aromatic heterocycles. The maximum absolute atomic E-state index is 12.9. The van der Waals surface area contributed by atoms with Crippen molar-refractivity contribution in [1.82, 2.24) is 4.90 Å². The largest absolute Gasteiger partial charge is 0.492 e. The van der Waals surface area contributed by atoms with Crippen molar-refractivity contribution in [2.45, 2.75) is 13.8 Å². The Balaban J connectivity index is 1.49. The van der Waals surface area contributed by atoms with E-state index < -0.39 is 5.97 Å². The van der Waals surface area contributed by atoms with Crippen LogP contribution in [0.2, 0.25) is 0 Å². The molecule has 1 aliphatic rings. The predicted molar refractivity (Wildman–Crippen MR) is 151 cm³/mol. The fraction of sp³-hybridized carbons (Fsp3) is 0.179. The van der Waals surface area contributed by atoms with E-state index in [2.05, 4.69) is 22.6 Å². The number of carbonyl (C=O) groups is 3. The lowest BCUT2D eigenvalue weighted by Gasteiger charge is -2.14. The fourth-order valence-corrected chi connectivity index (χ4v) is 5.16. The highest BCUT2D eigenvalue weighted by Crippen LogP contribution is 2.38. The average Bonchev–Trinajstić information content (AvgIpc) is 3.14. The second-order valence-corrected chi connectivity index (χ2v) is 10.2. The van der Waals surface area contributed by atoms with E-state index in [0.717, 1.165) is 17.3 Å². The minimum absolute atomic E-state index is 0.145. The van der Waals surface area contributed by atoms with Crippen LogP contribution in [0.15, 0.2) is 71.6 Å². The Labute approximate surface area is 232 Å². The van der Waals surface area contributed by atoms with E-state index in [0.29, 0.717) is 43.5 Å². The third kappa shape index (κ3) is 6.72. The zero-order valence-corrected chi connectivity index (χ0v) is 23.2. The van der Waals surface area contributed by atoms with Gasteiger partial charge in [0.15, 0.2) is 11.5 Å². The molecule has 3 aromatic carbocycles. The van der Waals surface area contributed by atoms with Crippen LogP contribution in [-0.2, 0) is 4.79 Å². The molecule has 0 atom stereocenters. The molecular weight excluding hydrogens is 605 g/mol. The van der Waals surface area contributed by atoms with E-state index in [1.165, 1.54) is 4.90 Å². The Morgan fingerprint density at radius 2 is 1.81 bits per heavy atom. The molecule has 0 bridgehead atoms. The van der Waals surface area contributed by atoms with Gasteiger partial charge in [0.2, 0.25) is 0 Å². The van der Waals surface area contributed by atoms with Crippen LogP contribution in [0.5, 0.6) is 17.2 Å². The summed E-state index contributed by atoms with van der Waals surface area (Å²) in [5, 5.41) is -0.350. The van der Waals surface area contributed by atoms with Gasteiger partial charge in [-0.2, -0.15) is 0 Å². The van der Waals surface area contributed by atoms with Crippen molar-refractivity contribution < 1.29 is 28.6 Å². The Kier molecular flexibility index (Phi) is 8.88. The summed E-state index contributed by atoms with van der Waals surface area (Å²) in [6.45, 7) is 4.49. The van der Waals surface area contributed by atoms with Gasteiger partial charge in [0.25, 0.3) is 11.1 Å². The van der Waals surface area contributed by atoms with Crippen LogP contribution in [0.1, 0.15) is 28.4 Å². The standard InChI is InChI=1S/C28H24INO6S/c1-3-34-23-16-19(15-22(29)25(23)36-27(32)20-9-5-4-6-10-20)17-24-26(31)30(28(33)37-24)12-13-35-21-11-7-8-18(2)14-21/h4-11,14-17H,3,12-13H2,1-2H3/b24-17-. The first kappa shape index (κ1) is 26.7. The molecule has 9 heteroatoms. The number of hydrogen-bond donors (Lipinski definition) is 0. The van der Waals surface area contributed by atoms with E-state index >= 15 is 0 Å². The van der Waals surface area contributed by atoms with Gasteiger partial charge in [0.05, 0.1) is 27.2 Å². The molecular formula is C28H24INO6S. The van der Waals surface area contributed by atoms with Crippen molar-refractivity contribution in [2.24, 2.45) is 0 Å². The Hall–Kier alpha value is -3.31. The Morgan fingerprint density at radius 3 is 2.54 bits per heavy atom. The minimum atomic E-state index is -0.499. The zero-order valence-electron chi connectivity index (χ0n) is 20.2. The lowest BCUT2D eigenvalue weighted by atomic mass is 10.1. The Bertz CT molecular complexity index is 1360. The molecule has 7 nitrogen and oxygen atoms in total. The molecule has 190 valence electrons. The van der Waals surface area contributed by atoms with Gasteiger partial charge in [-0.3, -0.25) is 14.5 Å². The molecule has 0 N–H and O–H groups in total. The summed E-state index contributed by atoms with van der Waals surface area (Å²) in [5.74, 6) is 0.482. The fourth-order valence-electron chi connectivity index (χ4n) is 3.56. The summed E-state index contributed by atoms with van der Waals surface area (Å²) in [6.07, 6.45) is 1.64. The third-order valence-electron chi connectivity index (χ3n) is 5.28. The monoisotopic (exact) mass is 629 g/mol. The van der Waals surface area contributed by atoms with Crippen LogP contribution >= 0.6 is 34.4 Å². The number of benzene rings is 3. The van der Waals surface area contributed by atoms with Gasteiger partial charge in [-0.25, -0.2) is 4.79 Å². The SMILES string of the molecule is CCOc1cc(/C=C2\SC(=O)N(CCOc3cccc(C)c3)C2=O)cc(I)c1OC(=O)c1ccccc1. The highest BCUT2D eigenvalue weighted by Gasteiger charge is 2.35. The van der Waals surface area contributed by atoms with Gasteiger partial charge >= 0.3 is 5.97 Å². The van der Waals surface area contributed by atoms with Crippen LogP contribution < -0.4 is 14.2 Å². The van der Waals surface area contributed by atoms with Crippen LogP contribution in [-0.4, -0.2) is 41.8 Å². The topological polar surface area (TPSA) is 82.1 Å². The molecule has 4 rings (SSSR count). The van der Waals surface area contributed by atoms with Gasteiger partial charge < -0.3 is 14.2 Å². The highest BCUT2D eigenvalue weighted by molar-refractivity contribution is 14.1. The quantitative estimate of drug-likeness (QED) is 0.118. The average molecular weight is 629 g/mol. The van der Waals surface area contributed by atoms with Gasteiger partial charge in [0, 0.05) is 0 Å². The summed E-state index contributed by atoms with van der Waals surface area (Å²) in [5.41, 5.74) is 2.13. The molecule has 1 aliphatic heterocycles. The van der Waals surface area contributed by atoms with Crippen molar-refractivity contribution in [1.29, 1.82) is 0 Å². The molecule has 1 heterocycles. The number of rotatable bonds is 9. The molecule has 0 saturated carbocycles. The number of ether oxygens (including phenoxy) is 3. The van der Waals surface area contributed by atoms with Crippen LogP contribution in [0.25, 0.3) is 6.08 Å². The van der Waals surface area contributed by atoms with Crippen LogP contribution in [0.4, 0.5) is 4.79 Å². The number of thioether (sulfide) groups is 1. The lowest BCUT2D eigenvalue weighted by molar-refractivity contribution is -0.123. The first-order valence-corrected chi connectivity index (χ1v) is 13.4. The molecule has 1 fully saturated rings. The van der Waals surface area contributed by atoms with E-state index in [1.54, 1.807) is 42.5 Å². The molecule has 1 saturated heterocycles. The molecule has 2 amide bonds. The number of hydrogen-bond acceptors (Lipinski definition) is 7. The lowest BCUT2D eigenvalue weighted by Crippen LogP contribution is -2.32. The van der Waals surface area contributed by atoms with Crippen LogP contribution in [0.3, 0.4) is 0 Å². The van der Waals surface area contributed by atoms with Gasteiger partial charge in [0.1, 0.15) is 12.4 Å². The summed E-state index contributed by atoms with van der Waals surface area (Å²) >= 11 is 2.93. The summed E-state index contributed by atoms with van der Waals surface area (Å²) in [7, 11) is 0. The van der Waals surface area contributed by atoms with Crippen molar-refractivity contribution in [2.75, 3.05) is 19.8 Å². The number of nitrogens with zero attached hydrogens (tertiary/aromatic N) is 1. The second kappa shape index (κ2) is 12.3. The third-order valence-corrected chi connectivity index (χ3v) is 6.99. The maximum Gasteiger partial charge on any atom is 0.343 e. The first-order valence-electron chi connectivity index (χ1n) is 11.5. The van der Waals surface area contributed by atoms with Gasteiger partial charge in [-0.15, -0.1) is 0 Å². The van der Waals surface area contributed by atoms with E-state index in [-0.39, 0.29) is 24.3 Å². The van der Waals surface area contributed by atoms with E-state index in [1.807, 2.05) is 44.2 Å². The molecule has 0 spiro atoms. The summed E-state index contributed by atoms with van der Waals surface area (Å²) in [4.78, 5) is 39.5. The minimum Gasteiger partial charge on any atom is -0.492 e. The molecule has 0 unspecified atom stereocenters. The van der Waals surface area contributed by atoms with Crippen molar-refractivity contribution in [3.8, 4) is 17.2 Å². The van der Waals surface area contributed by atoms with Crippen LogP contribution in [0, 0.1) is 10.5 Å². The summed E-state index contributed by atoms with van der Waals surface area (Å²) in [6, 6.07) is 19.7. The number of imide groups is 1. The van der Waals surface area contributed by atoms with E-state index in [9.17, 15) is 14.4 Å². The number of aryl methyl sites for hydroxylation is 1. The zero-order chi connectivity index (χ0) is 26.4. The molecule has 0 aliphatic carbocycles. The smallest absolute Gasteiger partial charge is 0.343 e. The predicted octanol–water partition coefficient (Wildman–Crippen LogP) is 6.33. The second-order valence-electron chi connectivity index (χ2n) is 8.02. The highest BCUT2D eigenvalue weighted by atomic mass is 127. The number of carbonyl (C=O) groups excluding carboxylic acids is 3. The first-order chi connectivity index (χ1) is 17.9.